The van der Waals surface area contributed by atoms with Gasteiger partial charge in [-0.1, -0.05) is 56.3 Å². The molecule has 0 fully saturated rings. The Labute approximate surface area is 151 Å². The van der Waals surface area contributed by atoms with Crippen LogP contribution in [0.25, 0.3) is 0 Å². The SMILES string of the molecule is CC(C)c1cccc2c1NC(c1ccc(N(C)C)cc1)C1CC=CC21. The summed E-state index contributed by atoms with van der Waals surface area (Å²) < 4.78 is 0. The van der Waals surface area contributed by atoms with Crippen molar-refractivity contribution < 1.29 is 0 Å². The van der Waals surface area contributed by atoms with Gasteiger partial charge in [0.2, 0.25) is 0 Å². The molecule has 0 radical (unpaired) electrons. The van der Waals surface area contributed by atoms with Gasteiger partial charge in [0.05, 0.1) is 6.04 Å². The van der Waals surface area contributed by atoms with E-state index >= 15 is 0 Å². The Hall–Kier alpha value is -2.22. The van der Waals surface area contributed by atoms with Crippen LogP contribution in [0.3, 0.4) is 0 Å². The lowest BCUT2D eigenvalue weighted by Crippen LogP contribution is -2.30. The molecule has 130 valence electrons. The van der Waals surface area contributed by atoms with Crippen molar-refractivity contribution in [2.75, 3.05) is 24.3 Å². The van der Waals surface area contributed by atoms with Gasteiger partial charge in [0.1, 0.15) is 0 Å². The van der Waals surface area contributed by atoms with Crippen LogP contribution >= 0.6 is 0 Å². The molecule has 2 aromatic carbocycles. The maximum absolute atomic E-state index is 3.93. The Morgan fingerprint density at radius 3 is 2.48 bits per heavy atom. The second-order valence-electron chi connectivity index (χ2n) is 7.93. The molecule has 1 aliphatic carbocycles. The number of rotatable bonds is 3. The molecular weight excluding hydrogens is 304 g/mol. The minimum Gasteiger partial charge on any atom is -0.378 e. The summed E-state index contributed by atoms with van der Waals surface area (Å²) in [6.45, 7) is 4.57. The zero-order valence-corrected chi connectivity index (χ0v) is 15.7. The first kappa shape index (κ1) is 16.3. The molecule has 0 saturated heterocycles. The Kier molecular flexibility index (Phi) is 4.07. The molecule has 0 saturated carbocycles. The van der Waals surface area contributed by atoms with E-state index in [1.165, 1.54) is 28.1 Å². The fourth-order valence-electron chi connectivity index (χ4n) is 4.44. The summed E-state index contributed by atoms with van der Waals surface area (Å²) in [6, 6.07) is 16.3. The number of hydrogen-bond donors (Lipinski definition) is 1. The Balaban J connectivity index is 1.76. The van der Waals surface area contributed by atoms with Crippen molar-refractivity contribution in [2.45, 2.75) is 38.1 Å². The van der Waals surface area contributed by atoms with Crippen LogP contribution in [0.1, 0.15) is 54.8 Å². The monoisotopic (exact) mass is 332 g/mol. The average molecular weight is 332 g/mol. The van der Waals surface area contributed by atoms with Gasteiger partial charge in [-0.2, -0.15) is 0 Å². The predicted octanol–water partition coefficient (Wildman–Crippen LogP) is 5.70. The zero-order chi connectivity index (χ0) is 17.6. The van der Waals surface area contributed by atoms with Gasteiger partial charge < -0.3 is 10.2 Å². The smallest absolute Gasteiger partial charge is 0.0554 e. The van der Waals surface area contributed by atoms with Crippen LogP contribution in [-0.4, -0.2) is 14.1 Å². The van der Waals surface area contributed by atoms with Crippen molar-refractivity contribution in [3.05, 3.63) is 71.3 Å². The number of fused-ring (bicyclic) bond motifs is 3. The number of allylic oxidation sites excluding steroid dienone is 2. The molecule has 0 spiro atoms. The number of nitrogens with one attached hydrogen (secondary N) is 1. The van der Waals surface area contributed by atoms with Crippen LogP contribution in [0.5, 0.6) is 0 Å². The maximum atomic E-state index is 3.93. The highest BCUT2D eigenvalue weighted by Crippen LogP contribution is 2.51. The molecule has 2 heteroatoms. The van der Waals surface area contributed by atoms with Crippen LogP contribution in [0.15, 0.2) is 54.6 Å². The second kappa shape index (κ2) is 6.25. The third-order valence-electron chi connectivity index (χ3n) is 5.82. The maximum Gasteiger partial charge on any atom is 0.0554 e. The lowest BCUT2D eigenvalue weighted by Gasteiger charge is -2.39. The third kappa shape index (κ3) is 2.74. The number of nitrogens with zero attached hydrogens (tertiary/aromatic N) is 1. The molecule has 25 heavy (non-hydrogen) atoms. The highest BCUT2D eigenvalue weighted by molar-refractivity contribution is 5.65. The summed E-state index contributed by atoms with van der Waals surface area (Å²) in [6.07, 6.45) is 5.95. The van der Waals surface area contributed by atoms with Gasteiger partial charge in [0.25, 0.3) is 0 Å². The minimum atomic E-state index is 0.378. The molecule has 2 aliphatic rings. The molecule has 4 rings (SSSR count). The minimum absolute atomic E-state index is 0.378. The summed E-state index contributed by atoms with van der Waals surface area (Å²) >= 11 is 0. The van der Waals surface area contributed by atoms with Crippen LogP contribution in [-0.2, 0) is 0 Å². The van der Waals surface area contributed by atoms with Gasteiger partial charge in [0, 0.05) is 31.4 Å². The van der Waals surface area contributed by atoms with Crippen molar-refractivity contribution in [3.8, 4) is 0 Å². The number of anilines is 2. The zero-order valence-electron chi connectivity index (χ0n) is 15.7. The normalized spacial score (nSPS) is 24.0. The Bertz CT molecular complexity index is 786. The van der Waals surface area contributed by atoms with Crippen LogP contribution < -0.4 is 10.2 Å². The van der Waals surface area contributed by atoms with E-state index in [0.717, 1.165) is 6.42 Å². The summed E-state index contributed by atoms with van der Waals surface area (Å²) in [5, 5.41) is 3.93. The predicted molar refractivity (Wildman–Crippen MR) is 108 cm³/mol. The van der Waals surface area contributed by atoms with E-state index in [4.69, 9.17) is 0 Å². The van der Waals surface area contributed by atoms with E-state index in [1.807, 2.05) is 0 Å². The van der Waals surface area contributed by atoms with Crippen molar-refractivity contribution in [1.29, 1.82) is 0 Å². The number of benzene rings is 2. The quantitative estimate of drug-likeness (QED) is 0.725. The van der Waals surface area contributed by atoms with Gasteiger partial charge in [-0.05, 0) is 47.1 Å². The van der Waals surface area contributed by atoms with Gasteiger partial charge in [-0.3, -0.25) is 0 Å². The first-order valence-corrected chi connectivity index (χ1v) is 9.39. The van der Waals surface area contributed by atoms with Gasteiger partial charge >= 0.3 is 0 Å². The molecule has 3 unspecified atom stereocenters. The fraction of sp³-hybridized carbons (Fsp3) is 0.391. The Morgan fingerprint density at radius 2 is 1.80 bits per heavy atom. The lowest BCUT2D eigenvalue weighted by atomic mass is 9.75. The Morgan fingerprint density at radius 1 is 1.04 bits per heavy atom. The van der Waals surface area contributed by atoms with Crippen molar-refractivity contribution >= 4 is 11.4 Å². The molecule has 0 bridgehead atoms. The van der Waals surface area contributed by atoms with Gasteiger partial charge in [-0.15, -0.1) is 0 Å². The molecule has 0 amide bonds. The highest BCUT2D eigenvalue weighted by Gasteiger charge is 2.38. The first-order valence-electron chi connectivity index (χ1n) is 9.39. The van der Waals surface area contributed by atoms with E-state index in [-0.39, 0.29) is 0 Å². The van der Waals surface area contributed by atoms with E-state index < -0.39 is 0 Å². The van der Waals surface area contributed by atoms with Crippen LogP contribution in [0.2, 0.25) is 0 Å². The molecule has 1 heterocycles. The van der Waals surface area contributed by atoms with Crippen LogP contribution in [0, 0.1) is 5.92 Å². The summed E-state index contributed by atoms with van der Waals surface area (Å²) in [4.78, 5) is 2.16. The molecule has 1 N–H and O–H groups in total. The van der Waals surface area contributed by atoms with Crippen molar-refractivity contribution in [1.82, 2.24) is 0 Å². The summed E-state index contributed by atoms with van der Waals surface area (Å²) in [5.41, 5.74) is 6.93. The highest BCUT2D eigenvalue weighted by atomic mass is 15.1. The summed E-state index contributed by atoms with van der Waals surface area (Å²) in [5.74, 6) is 1.68. The van der Waals surface area contributed by atoms with Crippen molar-refractivity contribution in [2.24, 2.45) is 5.92 Å². The second-order valence-corrected chi connectivity index (χ2v) is 7.93. The molecule has 2 nitrogen and oxygen atoms in total. The van der Waals surface area contributed by atoms with E-state index in [9.17, 15) is 0 Å². The molecule has 3 atom stereocenters. The fourth-order valence-corrected chi connectivity index (χ4v) is 4.44. The van der Waals surface area contributed by atoms with Gasteiger partial charge in [-0.25, -0.2) is 0 Å². The van der Waals surface area contributed by atoms with Crippen molar-refractivity contribution in [3.63, 3.8) is 0 Å². The standard InChI is InChI=1S/C23H28N2/c1-15(2)18-7-5-10-21-19-8-6-9-20(19)22(24-23(18)21)16-11-13-17(14-12-16)25(3)4/h5-8,10-15,19-20,22,24H,9H2,1-4H3. The molecular formula is C23H28N2. The van der Waals surface area contributed by atoms with Crippen LogP contribution in [0.4, 0.5) is 11.4 Å². The molecule has 1 aliphatic heterocycles. The average Bonchev–Trinajstić information content (AvgIpc) is 3.10. The number of hydrogen-bond acceptors (Lipinski definition) is 2. The topological polar surface area (TPSA) is 15.3 Å². The number of para-hydroxylation sites is 1. The van der Waals surface area contributed by atoms with E-state index in [2.05, 4.69) is 92.8 Å². The lowest BCUT2D eigenvalue weighted by molar-refractivity contribution is 0.424. The van der Waals surface area contributed by atoms with E-state index in [1.54, 1.807) is 0 Å². The third-order valence-corrected chi connectivity index (χ3v) is 5.82. The molecule has 0 aromatic heterocycles. The molecule has 2 aromatic rings. The van der Waals surface area contributed by atoms with Gasteiger partial charge in [0.15, 0.2) is 0 Å². The largest absolute Gasteiger partial charge is 0.378 e. The first-order chi connectivity index (χ1) is 12.1. The summed E-state index contributed by atoms with van der Waals surface area (Å²) in [7, 11) is 4.19. The van der Waals surface area contributed by atoms with E-state index in [0.29, 0.717) is 23.8 Å².